The second-order valence-corrected chi connectivity index (χ2v) is 6.71. The van der Waals surface area contributed by atoms with Crippen molar-refractivity contribution in [3.05, 3.63) is 29.8 Å². The highest BCUT2D eigenvalue weighted by Crippen LogP contribution is 2.38. The van der Waals surface area contributed by atoms with E-state index in [9.17, 15) is 9.90 Å². The van der Waals surface area contributed by atoms with E-state index in [2.05, 4.69) is 18.7 Å². The van der Waals surface area contributed by atoms with E-state index in [1.165, 1.54) is 0 Å². The zero-order valence-corrected chi connectivity index (χ0v) is 12.9. The molecule has 1 atom stereocenters. The van der Waals surface area contributed by atoms with Gasteiger partial charge in [0, 0.05) is 25.0 Å². The predicted molar refractivity (Wildman–Crippen MR) is 80.8 cm³/mol. The van der Waals surface area contributed by atoms with Gasteiger partial charge in [-0.25, -0.2) is 0 Å². The minimum absolute atomic E-state index is 0.116. The fourth-order valence-corrected chi connectivity index (χ4v) is 2.69. The van der Waals surface area contributed by atoms with E-state index in [4.69, 9.17) is 10.5 Å². The van der Waals surface area contributed by atoms with Gasteiger partial charge in [0.25, 0.3) is 5.91 Å². The average Bonchev–Trinajstić information content (AvgIpc) is 2.55. The molecule has 1 fully saturated rings. The second kappa shape index (κ2) is 5.66. The van der Waals surface area contributed by atoms with Gasteiger partial charge in [-0.2, -0.15) is 0 Å². The maximum absolute atomic E-state index is 10.7. The third-order valence-electron chi connectivity index (χ3n) is 4.29. The van der Waals surface area contributed by atoms with E-state index in [0.29, 0.717) is 12.3 Å². The smallest absolute Gasteiger partial charge is 0.255 e. The van der Waals surface area contributed by atoms with Crippen molar-refractivity contribution < 1.29 is 14.6 Å². The van der Waals surface area contributed by atoms with Crippen LogP contribution in [0.15, 0.2) is 24.3 Å². The first-order chi connectivity index (χ1) is 9.69. The Hall–Kier alpha value is -1.59. The van der Waals surface area contributed by atoms with Crippen LogP contribution >= 0.6 is 0 Å². The van der Waals surface area contributed by atoms with Crippen LogP contribution in [0.1, 0.15) is 26.3 Å². The van der Waals surface area contributed by atoms with Crippen LogP contribution in [-0.4, -0.2) is 41.2 Å². The van der Waals surface area contributed by atoms with Crippen molar-refractivity contribution in [1.82, 2.24) is 4.90 Å². The number of amides is 1. The molecule has 1 heterocycles. The molecule has 1 aliphatic heterocycles. The SMILES string of the molecule is CC1(C)CN(Cc2cccc(OCC(N)=O)c2)C[C@]1(C)O. The lowest BCUT2D eigenvalue weighted by Gasteiger charge is -2.31. The lowest BCUT2D eigenvalue weighted by Crippen LogP contribution is -2.40. The lowest BCUT2D eigenvalue weighted by molar-refractivity contribution is -0.119. The van der Waals surface area contributed by atoms with Gasteiger partial charge >= 0.3 is 0 Å². The maximum Gasteiger partial charge on any atom is 0.255 e. The number of nitrogens with two attached hydrogens (primary N) is 1. The molecule has 1 aliphatic rings. The van der Waals surface area contributed by atoms with Gasteiger partial charge in [-0.15, -0.1) is 0 Å². The normalized spacial score (nSPS) is 25.0. The number of ether oxygens (including phenoxy) is 1. The van der Waals surface area contributed by atoms with Crippen molar-refractivity contribution in [3.8, 4) is 5.75 Å². The molecule has 21 heavy (non-hydrogen) atoms. The Morgan fingerprint density at radius 2 is 2.10 bits per heavy atom. The number of nitrogens with zero attached hydrogens (tertiary/aromatic N) is 1. The molecule has 0 bridgehead atoms. The summed E-state index contributed by atoms with van der Waals surface area (Å²) in [6, 6.07) is 7.61. The second-order valence-electron chi connectivity index (χ2n) is 6.71. The van der Waals surface area contributed by atoms with Gasteiger partial charge < -0.3 is 15.6 Å². The Kier molecular flexibility index (Phi) is 4.25. The summed E-state index contributed by atoms with van der Waals surface area (Å²) in [6.07, 6.45) is 0. The van der Waals surface area contributed by atoms with Gasteiger partial charge in [0.2, 0.25) is 0 Å². The number of likely N-dealkylation sites (tertiary alicyclic amines) is 1. The van der Waals surface area contributed by atoms with Crippen LogP contribution in [0, 0.1) is 5.41 Å². The molecule has 0 radical (unpaired) electrons. The number of carbonyl (C=O) groups is 1. The highest BCUT2D eigenvalue weighted by Gasteiger charge is 2.47. The first kappa shape index (κ1) is 15.8. The monoisotopic (exact) mass is 292 g/mol. The number of hydrogen-bond acceptors (Lipinski definition) is 4. The summed E-state index contributed by atoms with van der Waals surface area (Å²) in [7, 11) is 0. The molecular weight excluding hydrogens is 268 g/mol. The number of benzene rings is 1. The molecule has 5 heteroatoms. The van der Waals surface area contributed by atoms with Gasteiger partial charge in [-0.1, -0.05) is 26.0 Å². The summed E-state index contributed by atoms with van der Waals surface area (Å²) in [5.74, 6) is 0.147. The number of hydrogen-bond donors (Lipinski definition) is 2. The molecule has 1 aromatic carbocycles. The van der Waals surface area contributed by atoms with E-state index < -0.39 is 11.5 Å². The quantitative estimate of drug-likeness (QED) is 0.853. The van der Waals surface area contributed by atoms with Gasteiger partial charge in [0.05, 0.1) is 5.60 Å². The summed E-state index contributed by atoms with van der Waals surface area (Å²) >= 11 is 0. The number of carbonyl (C=O) groups excluding carboxylic acids is 1. The van der Waals surface area contributed by atoms with Crippen molar-refractivity contribution in [2.75, 3.05) is 19.7 Å². The molecule has 1 aromatic rings. The Morgan fingerprint density at radius 1 is 1.38 bits per heavy atom. The molecule has 0 spiro atoms. The van der Waals surface area contributed by atoms with Gasteiger partial charge in [-0.3, -0.25) is 9.69 Å². The van der Waals surface area contributed by atoms with Crippen LogP contribution in [0.25, 0.3) is 0 Å². The highest BCUT2D eigenvalue weighted by atomic mass is 16.5. The van der Waals surface area contributed by atoms with Gasteiger partial charge in [0.15, 0.2) is 6.61 Å². The van der Waals surface area contributed by atoms with Gasteiger partial charge in [-0.05, 0) is 24.6 Å². The predicted octanol–water partition coefficient (Wildman–Crippen LogP) is 1.14. The van der Waals surface area contributed by atoms with Crippen molar-refractivity contribution >= 4 is 5.91 Å². The maximum atomic E-state index is 10.7. The molecule has 0 saturated carbocycles. The fraction of sp³-hybridized carbons (Fsp3) is 0.562. The molecule has 5 nitrogen and oxygen atoms in total. The van der Waals surface area contributed by atoms with Crippen LogP contribution in [0.2, 0.25) is 0 Å². The van der Waals surface area contributed by atoms with Crippen molar-refractivity contribution in [2.24, 2.45) is 11.1 Å². The Bertz CT molecular complexity index is 510. The van der Waals surface area contributed by atoms with Crippen LogP contribution in [0.4, 0.5) is 0 Å². The number of primary amides is 1. The standard InChI is InChI=1S/C16H24N2O3/c1-15(2)10-18(11-16(15,3)20)8-12-5-4-6-13(7-12)21-9-14(17)19/h4-7,20H,8-11H2,1-3H3,(H2,17,19)/t16-/m0/s1. The van der Waals surface area contributed by atoms with Crippen molar-refractivity contribution in [3.63, 3.8) is 0 Å². The van der Waals surface area contributed by atoms with Crippen LogP contribution in [0.3, 0.4) is 0 Å². The molecule has 0 aliphatic carbocycles. The van der Waals surface area contributed by atoms with Crippen LogP contribution < -0.4 is 10.5 Å². The molecule has 3 N–H and O–H groups in total. The topological polar surface area (TPSA) is 75.8 Å². The average molecular weight is 292 g/mol. The number of aliphatic hydroxyl groups is 1. The van der Waals surface area contributed by atoms with E-state index >= 15 is 0 Å². The Labute approximate surface area is 125 Å². The Balaban J connectivity index is 2.01. The van der Waals surface area contributed by atoms with E-state index in [1.54, 1.807) is 6.07 Å². The first-order valence-corrected chi connectivity index (χ1v) is 7.14. The minimum Gasteiger partial charge on any atom is -0.484 e. The molecule has 0 unspecified atom stereocenters. The summed E-state index contributed by atoms with van der Waals surface area (Å²) in [4.78, 5) is 13.0. The summed E-state index contributed by atoms with van der Waals surface area (Å²) in [5, 5.41) is 10.5. The van der Waals surface area contributed by atoms with Gasteiger partial charge in [0.1, 0.15) is 5.75 Å². The Morgan fingerprint density at radius 3 is 2.67 bits per heavy atom. The fourth-order valence-electron chi connectivity index (χ4n) is 2.69. The van der Waals surface area contributed by atoms with Crippen LogP contribution in [0.5, 0.6) is 5.75 Å². The van der Waals surface area contributed by atoms with E-state index in [-0.39, 0.29) is 12.0 Å². The zero-order chi connectivity index (χ0) is 15.7. The molecule has 2 rings (SSSR count). The third-order valence-corrected chi connectivity index (χ3v) is 4.29. The lowest BCUT2D eigenvalue weighted by atomic mass is 9.79. The van der Waals surface area contributed by atoms with E-state index in [0.717, 1.165) is 18.7 Å². The molecule has 1 amide bonds. The minimum atomic E-state index is -0.687. The first-order valence-electron chi connectivity index (χ1n) is 7.14. The highest BCUT2D eigenvalue weighted by molar-refractivity contribution is 5.75. The molecule has 0 aromatic heterocycles. The summed E-state index contributed by atoms with van der Waals surface area (Å²) in [6.45, 7) is 8.17. The zero-order valence-electron chi connectivity index (χ0n) is 12.9. The number of rotatable bonds is 5. The number of β-amino-alcohol motifs (C(OH)–C–C–N with tert-alkyl or cyclic N) is 1. The van der Waals surface area contributed by atoms with E-state index in [1.807, 2.05) is 25.1 Å². The summed E-state index contributed by atoms with van der Waals surface area (Å²) < 4.78 is 5.31. The van der Waals surface area contributed by atoms with Crippen molar-refractivity contribution in [1.29, 1.82) is 0 Å². The third kappa shape index (κ3) is 3.74. The molecule has 1 saturated heterocycles. The van der Waals surface area contributed by atoms with Crippen LogP contribution in [-0.2, 0) is 11.3 Å². The molecule has 116 valence electrons. The summed E-state index contributed by atoms with van der Waals surface area (Å²) in [5.41, 5.74) is 5.34. The molecular formula is C16H24N2O3. The largest absolute Gasteiger partial charge is 0.484 e. The van der Waals surface area contributed by atoms with Crippen molar-refractivity contribution in [2.45, 2.75) is 32.9 Å².